The summed E-state index contributed by atoms with van der Waals surface area (Å²) in [5.74, 6) is 2.87. The molecule has 3 atom stereocenters. The predicted molar refractivity (Wildman–Crippen MR) is 84.6 cm³/mol. The Hall–Kier alpha value is -0.310. The molecular formula is C16H27BrN2. The lowest BCUT2D eigenvalue weighted by Gasteiger charge is -2.42. The highest BCUT2D eigenvalue weighted by Gasteiger charge is 2.38. The van der Waals surface area contributed by atoms with Crippen LogP contribution in [0, 0.1) is 17.3 Å². The maximum Gasteiger partial charge on any atom is 0.109 e. The molecular weight excluding hydrogens is 300 g/mol. The summed E-state index contributed by atoms with van der Waals surface area (Å²) < 4.78 is 2.27. The molecule has 0 aliphatic heterocycles. The first-order valence-electron chi connectivity index (χ1n) is 7.58. The second-order valence-corrected chi connectivity index (χ2v) is 8.01. The van der Waals surface area contributed by atoms with E-state index < -0.39 is 0 Å². The molecule has 1 fully saturated rings. The second kappa shape index (κ2) is 5.99. The van der Waals surface area contributed by atoms with E-state index in [9.17, 15) is 0 Å². The Labute approximate surface area is 126 Å². The number of rotatable bonds is 4. The summed E-state index contributed by atoms with van der Waals surface area (Å²) in [6, 6.07) is 0. The molecule has 1 aliphatic rings. The van der Waals surface area contributed by atoms with Gasteiger partial charge in [0.25, 0.3) is 0 Å². The molecule has 3 unspecified atom stereocenters. The lowest BCUT2D eigenvalue weighted by molar-refractivity contribution is 0.143. The molecule has 1 heterocycles. The fraction of sp³-hybridized carbons (Fsp3) is 0.812. The number of nitrogens with zero attached hydrogens (tertiary/aromatic N) is 2. The van der Waals surface area contributed by atoms with E-state index in [0.717, 1.165) is 24.8 Å². The largest absolute Gasteiger partial charge is 0.335 e. The summed E-state index contributed by atoms with van der Waals surface area (Å²) in [6.07, 6.45) is 9.14. The Kier molecular flexibility index (Phi) is 4.75. The molecule has 2 nitrogen and oxygen atoms in total. The van der Waals surface area contributed by atoms with Gasteiger partial charge in [0, 0.05) is 30.2 Å². The quantitative estimate of drug-likeness (QED) is 0.735. The van der Waals surface area contributed by atoms with Gasteiger partial charge in [0.15, 0.2) is 0 Å². The molecule has 0 spiro atoms. The lowest BCUT2D eigenvalue weighted by atomic mass is 9.67. The fourth-order valence-electron chi connectivity index (χ4n) is 3.53. The minimum atomic E-state index is 0.312. The van der Waals surface area contributed by atoms with Gasteiger partial charge in [0.05, 0.1) is 0 Å². The summed E-state index contributed by atoms with van der Waals surface area (Å²) in [5, 5.41) is 0. The molecule has 0 aromatic carbocycles. The van der Waals surface area contributed by atoms with Crippen molar-refractivity contribution in [2.45, 2.75) is 64.8 Å². The maximum atomic E-state index is 4.55. The highest BCUT2D eigenvalue weighted by atomic mass is 79.9. The summed E-state index contributed by atoms with van der Waals surface area (Å²) in [5.41, 5.74) is 0.312. The van der Waals surface area contributed by atoms with Crippen LogP contribution in [0.4, 0.5) is 0 Å². The van der Waals surface area contributed by atoms with Gasteiger partial charge < -0.3 is 4.57 Å². The van der Waals surface area contributed by atoms with Crippen LogP contribution in [0.5, 0.6) is 0 Å². The van der Waals surface area contributed by atoms with Crippen LogP contribution in [0.15, 0.2) is 12.4 Å². The molecule has 108 valence electrons. The Bertz CT molecular complexity index is 411. The Morgan fingerprint density at radius 2 is 2.16 bits per heavy atom. The van der Waals surface area contributed by atoms with Crippen molar-refractivity contribution >= 4 is 15.9 Å². The number of halogens is 1. The highest BCUT2D eigenvalue weighted by Crippen LogP contribution is 2.44. The number of aromatic nitrogens is 2. The van der Waals surface area contributed by atoms with Gasteiger partial charge in [-0.05, 0) is 37.0 Å². The zero-order chi connectivity index (χ0) is 14.0. The second-order valence-electron chi connectivity index (χ2n) is 6.84. The average Bonchev–Trinajstić information content (AvgIpc) is 2.74. The van der Waals surface area contributed by atoms with Gasteiger partial charge in [-0.1, -0.05) is 43.1 Å². The Balaban J connectivity index is 2.09. The molecule has 0 radical (unpaired) electrons. The zero-order valence-corrected chi connectivity index (χ0v) is 14.3. The van der Waals surface area contributed by atoms with E-state index in [0.29, 0.717) is 10.2 Å². The van der Waals surface area contributed by atoms with Gasteiger partial charge in [-0.15, -0.1) is 0 Å². The van der Waals surface area contributed by atoms with E-state index in [1.807, 2.05) is 6.20 Å². The lowest BCUT2D eigenvalue weighted by Crippen LogP contribution is -2.37. The smallest absolute Gasteiger partial charge is 0.109 e. The Morgan fingerprint density at radius 1 is 1.42 bits per heavy atom. The summed E-state index contributed by atoms with van der Waals surface area (Å²) in [6.45, 7) is 10.4. The number of imidazole rings is 1. The van der Waals surface area contributed by atoms with Crippen molar-refractivity contribution in [3.63, 3.8) is 0 Å². The molecule has 0 amide bonds. The van der Waals surface area contributed by atoms with Gasteiger partial charge in [0.2, 0.25) is 0 Å². The number of hydrogen-bond donors (Lipinski definition) is 0. The summed E-state index contributed by atoms with van der Waals surface area (Å²) in [4.78, 5) is 5.22. The molecule has 1 aliphatic carbocycles. The van der Waals surface area contributed by atoms with E-state index in [1.54, 1.807) is 0 Å². The summed E-state index contributed by atoms with van der Waals surface area (Å²) >= 11 is 3.94. The van der Waals surface area contributed by atoms with E-state index >= 15 is 0 Å². The van der Waals surface area contributed by atoms with Gasteiger partial charge in [-0.25, -0.2) is 4.98 Å². The third-order valence-corrected chi connectivity index (χ3v) is 5.81. The topological polar surface area (TPSA) is 17.8 Å². The monoisotopic (exact) mass is 326 g/mol. The minimum absolute atomic E-state index is 0.312. The van der Waals surface area contributed by atoms with Crippen LogP contribution in [0.1, 0.15) is 52.8 Å². The highest BCUT2D eigenvalue weighted by molar-refractivity contribution is 9.09. The number of aryl methyl sites for hydroxylation is 1. The third-order valence-electron chi connectivity index (χ3n) is 4.79. The fourth-order valence-corrected chi connectivity index (χ4v) is 5.14. The maximum absolute atomic E-state index is 4.55. The molecule has 1 saturated carbocycles. The van der Waals surface area contributed by atoms with Crippen LogP contribution in [-0.2, 0) is 13.0 Å². The van der Waals surface area contributed by atoms with Crippen molar-refractivity contribution in [2.75, 3.05) is 0 Å². The standard InChI is InChI=1S/C16H27BrN2/c1-5-19-9-8-18-15(19)11-16(3,4)13-7-6-12(2)10-14(13)17/h8-9,12-14H,5-7,10-11H2,1-4H3. The Morgan fingerprint density at radius 3 is 2.79 bits per heavy atom. The van der Waals surface area contributed by atoms with Crippen LogP contribution in [-0.4, -0.2) is 14.4 Å². The molecule has 1 aromatic heterocycles. The molecule has 0 saturated heterocycles. The van der Waals surface area contributed by atoms with E-state index in [4.69, 9.17) is 0 Å². The third kappa shape index (κ3) is 3.42. The van der Waals surface area contributed by atoms with Crippen molar-refractivity contribution in [1.82, 2.24) is 9.55 Å². The number of alkyl halides is 1. The molecule has 2 rings (SSSR count). The van der Waals surface area contributed by atoms with Crippen LogP contribution >= 0.6 is 15.9 Å². The molecule has 3 heteroatoms. The van der Waals surface area contributed by atoms with Crippen molar-refractivity contribution in [1.29, 1.82) is 0 Å². The van der Waals surface area contributed by atoms with E-state index in [2.05, 4.69) is 59.4 Å². The molecule has 1 aromatic rings. The zero-order valence-electron chi connectivity index (χ0n) is 12.7. The molecule has 0 bridgehead atoms. The SMILES string of the molecule is CCn1ccnc1CC(C)(C)C1CCC(C)CC1Br. The normalized spacial score (nSPS) is 28.6. The van der Waals surface area contributed by atoms with Crippen molar-refractivity contribution < 1.29 is 0 Å². The first-order chi connectivity index (χ1) is 8.94. The number of hydrogen-bond acceptors (Lipinski definition) is 1. The van der Waals surface area contributed by atoms with Crippen molar-refractivity contribution in [3.05, 3.63) is 18.2 Å². The van der Waals surface area contributed by atoms with Gasteiger partial charge >= 0.3 is 0 Å². The average molecular weight is 327 g/mol. The van der Waals surface area contributed by atoms with Crippen LogP contribution in [0.2, 0.25) is 0 Å². The van der Waals surface area contributed by atoms with E-state index in [-0.39, 0.29) is 0 Å². The van der Waals surface area contributed by atoms with Gasteiger partial charge in [0.1, 0.15) is 5.82 Å². The summed E-state index contributed by atoms with van der Waals surface area (Å²) in [7, 11) is 0. The minimum Gasteiger partial charge on any atom is -0.335 e. The first-order valence-corrected chi connectivity index (χ1v) is 8.49. The van der Waals surface area contributed by atoms with Gasteiger partial charge in [-0.3, -0.25) is 0 Å². The van der Waals surface area contributed by atoms with Crippen LogP contribution in [0.25, 0.3) is 0 Å². The molecule has 19 heavy (non-hydrogen) atoms. The van der Waals surface area contributed by atoms with Crippen LogP contribution in [0.3, 0.4) is 0 Å². The van der Waals surface area contributed by atoms with Crippen molar-refractivity contribution in [2.24, 2.45) is 17.3 Å². The first kappa shape index (κ1) is 15.1. The van der Waals surface area contributed by atoms with Gasteiger partial charge in [-0.2, -0.15) is 0 Å². The van der Waals surface area contributed by atoms with Crippen molar-refractivity contribution in [3.8, 4) is 0 Å². The predicted octanol–water partition coefficient (Wildman–Crippen LogP) is 4.67. The van der Waals surface area contributed by atoms with Crippen LogP contribution < -0.4 is 0 Å². The van der Waals surface area contributed by atoms with E-state index in [1.165, 1.54) is 25.1 Å². The molecule has 0 N–H and O–H groups in total.